The van der Waals surface area contributed by atoms with Crippen LogP contribution in [0.25, 0.3) is 0 Å². The number of nitrogens with zero attached hydrogens (tertiary/aromatic N) is 2. The van der Waals surface area contributed by atoms with Gasteiger partial charge < -0.3 is 9.84 Å². The molecule has 112 valence electrons. The van der Waals surface area contributed by atoms with Crippen molar-refractivity contribution in [2.45, 2.75) is 0 Å². The van der Waals surface area contributed by atoms with Gasteiger partial charge in [-0.3, -0.25) is 20.2 Å². The number of carbonyl (C=O) groups is 1. The predicted molar refractivity (Wildman–Crippen MR) is 73.2 cm³/mol. The fourth-order valence-corrected chi connectivity index (χ4v) is 1.64. The van der Waals surface area contributed by atoms with Gasteiger partial charge in [0.25, 0.3) is 5.69 Å². The Hall–Kier alpha value is -3.49. The number of benzene rings is 2. The quantitative estimate of drug-likeness (QED) is 0.662. The summed E-state index contributed by atoms with van der Waals surface area (Å²) in [5, 5.41) is 30.3. The van der Waals surface area contributed by atoms with Crippen LogP contribution in [0.15, 0.2) is 42.5 Å². The molecule has 0 heterocycles. The van der Waals surface area contributed by atoms with Crippen molar-refractivity contribution >= 4 is 17.3 Å². The third-order valence-corrected chi connectivity index (χ3v) is 2.68. The number of hydrogen-bond donors (Lipinski definition) is 1. The van der Waals surface area contributed by atoms with Crippen LogP contribution in [0.4, 0.5) is 11.4 Å². The molecule has 0 aliphatic carbocycles. The average Bonchev–Trinajstić information content (AvgIpc) is 2.47. The topological polar surface area (TPSA) is 133 Å². The number of non-ortho nitro benzene ring substituents is 1. The van der Waals surface area contributed by atoms with E-state index in [0.29, 0.717) is 0 Å². The van der Waals surface area contributed by atoms with E-state index >= 15 is 0 Å². The minimum atomic E-state index is -1.30. The van der Waals surface area contributed by atoms with E-state index in [1.807, 2.05) is 0 Å². The first-order valence-corrected chi connectivity index (χ1v) is 5.82. The predicted octanol–water partition coefficient (Wildman–Crippen LogP) is 2.99. The van der Waals surface area contributed by atoms with Gasteiger partial charge in [-0.2, -0.15) is 0 Å². The van der Waals surface area contributed by atoms with Crippen LogP contribution in [-0.4, -0.2) is 20.9 Å². The molecular weight excluding hydrogens is 296 g/mol. The maximum atomic E-state index is 11.0. The largest absolute Gasteiger partial charge is 0.478 e. The molecule has 0 radical (unpaired) electrons. The summed E-state index contributed by atoms with van der Waals surface area (Å²) in [7, 11) is 0. The van der Waals surface area contributed by atoms with Gasteiger partial charge in [0.2, 0.25) is 5.75 Å². The summed E-state index contributed by atoms with van der Waals surface area (Å²) < 4.78 is 5.28. The highest BCUT2D eigenvalue weighted by Gasteiger charge is 2.19. The zero-order chi connectivity index (χ0) is 16.3. The van der Waals surface area contributed by atoms with E-state index in [9.17, 15) is 25.0 Å². The van der Waals surface area contributed by atoms with Crippen molar-refractivity contribution in [1.82, 2.24) is 0 Å². The van der Waals surface area contributed by atoms with Crippen molar-refractivity contribution in [2.24, 2.45) is 0 Å². The molecule has 0 saturated heterocycles. The van der Waals surface area contributed by atoms with Crippen LogP contribution in [-0.2, 0) is 0 Å². The number of aromatic carboxylic acids is 1. The van der Waals surface area contributed by atoms with E-state index < -0.39 is 21.5 Å². The first-order chi connectivity index (χ1) is 10.4. The summed E-state index contributed by atoms with van der Waals surface area (Å²) in [6.45, 7) is 0. The maximum Gasteiger partial charge on any atom is 0.335 e. The normalized spacial score (nSPS) is 10.0. The second-order valence-corrected chi connectivity index (χ2v) is 4.10. The van der Waals surface area contributed by atoms with Gasteiger partial charge in [-0.25, -0.2) is 4.79 Å². The van der Waals surface area contributed by atoms with Gasteiger partial charge >= 0.3 is 11.7 Å². The van der Waals surface area contributed by atoms with Gasteiger partial charge in [0.1, 0.15) is 5.75 Å². The van der Waals surface area contributed by atoms with E-state index in [1.54, 1.807) is 0 Å². The summed E-state index contributed by atoms with van der Waals surface area (Å²) in [6.07, 6.45) is 0. The molecule has 0 atom stereocenters. The molecule has 0 bridgehead atoms. The number of carboxylic acid groups (broad SMARTS) is 1. The highest BCUT2D eigenvalue weighted by atomic mass is 16.6. The van der Waals surface area contributed by atoms with Crippen molar-refractivity contribution in [2.75, 3.05) is 0 Å². The lowest BCUT2D eigenvalue weighted by Gasteiger charge is -2.06. The van der Waals surface area contributed by atoms with E-state index in [4.69, 9.17) is 9.84 Å². The second-order valence-electron chi connectivity index (χ2n) is 4.10. The Labute approximate surface area is 122 Å². The van der Waals surface area contributed by atoms with Crippen molar-refractivity contribution in [3.63, 3.8) is 0 Å². The molecule has 0 spiro atoms. The molecule has 2 aromatic rings. The number of hydrogen-bond acceptors (Lipinski definition) is 6. The number of nitro groups is 2. The van der Waals surface area contributed by atoms with E-state index in [0.717, 1.165) is 18.2 Å². The number of carboxylic acids is 1. The van der Waals surface area contributed by atoms with Crippen molar-refractivity contribution in [3.8, 4) is 11.5 Å². The minimum absolute atomic E-state index is 0.150. The zero-order valence-corrected chi connectivity index (χ0v) is 10.8. The van der Waals surface area contributed by atoms with Crippen LogP contribution in [0.2, 0.25) is 0 Å². The first-order valence-electron chi connectivity index (χ1n) is 5.82. The van der Waals surface area contributed by atoms with Crippen LogP contribution in [0.3, 0.4) is 0 Å². The Morgan fingerprint density at radius 2 is 1.64 bits per heavy atom. The van der Waals surface area contributed by atoms with Gasteiger partial charge in [-0.05, 0) is 24.3 Å². The molecule has 0 unspecified atom stereocenters. The molecule has 1 N–H and O–H groups in total. The molecule has 9 heteroatoms. The number of nitro benzene ring substituents is 2. The van der Waals surface area contributed by atoms with Crippen molar-refractivity contribution in [1.29, 1.82) is 0 Å². The van der Waals surface area contributed by atoms with Crippen LogP contribution >= 0.6 is 0 Å². The third kappa shape index (κ3) is 3.15. The molecule has 2 rings (SSSR count). The maximum absolute atomic E-state index is 11.0. The van der Waals surface area contributed by atoms with Gasteiger partial charge in [0.15, 0.2) is 0 Å². The van der Waals surface area contributed by atoms with Gasteiger partial charge in [-0.1, -0.05) is 0 Å². The summed E-state index contributed by atoms with van der Waals surface area (Å²) in [5.74, 6) is -1.31. The molecule has 22 heavy (non-hydrogen) atoms. The molecular formula is C13H8N2O7. The first kappa shape index (κ1) is 14.9. The summed E-state index contributed by atoms with van der Waals surface area (Å²) in [4.78, 5) is 31.0. The molecule has 0 aromatic heterocycles. The van der Waals surface area contributed by atoms with Crippen molar-refractivity contribution in [3.05, 3.63) is 68.3 Å². The van der Waals surface area contributed by atoms with Gasteiger partial charge in [-0.15, -0.1) is 0 Å². The lowest BCUT2D eigenvalue weighted by atomic mass is 10.2. The minimum Gasteiger partial charge on any atom is -0.478 e. The van der Waals surface area contributed by atoms with Crippen molar-refractivity contribution < 1.29 is 24.5 Å². The molecule has 0 aliphatic rings. The number of ether oxygens (including phenoxy) is 1. The average molecular weight is 304 g/mol. The molecule has 0 saturated carbocycles. The lowest BCUT2D eigenvalue weighted by Crippen LogP contribution is -2.00. The number of rotatable bonds is 5. The summed E-state index contributed by atoms with van der Waals surface area (Å²) in [5.41, 5.74) is -0.913. The van der Waals surface area contributed by atoms with E-state index in [1.165, 1.54) is 24.3 Å². The highest BCUT2D eigenvalue weighted by molar-refractivity contribution is 5.88. The SMILES string of the molecule is O=C(O)c1ccc(Oc2ccc([N+](=O)[O-])cc2)c([N+](=O)[O-])c1. The Balaban J connectivity index is 2.34. The van der Waals surface area contributed by atoms with Crippen LogP contribution in [0, 0.1) is 20.2 Å². The smallest absolute Gasteiger partial charge is 0.335 e. The monoisotopic (exact) mass is 304 g/mol. The Bertz CT molecular complexity index is 755. The second kappa shape index (κ2) is 5.87. The van der Waals surface area contributed by atoms with E-state index in [-0.39, 0.29) is 22.7 Å². The molecule has 2 aromatic carbocycles. The molecule has 0 amide bonds. The fourth-order valence-electron chi connectivity index (χ4n) is 1.64. The van der Waals surface area contributed by atoms with Crippen LogP contribution in [0.5, 0.6) is 11.5 Å². The molecule has 0 aliphatic heterocycles. The zero-order valence-electron chi connectivity index (χ0n) is 10.8. The summed E-state index contributed by atoms with van der Waals surface area (Å²) in [6, 6.07) is 8.14. The fraction of sp³-hybridized carbons (Fsp3) is 0. The molecule has 9 nitrogen and oxygen atoms in total. The summed E-state index contributed by atoms with van der Waals surface area (Å²) >= 11 is 0. The van der Waals surface area contributed by atoms with Crippen LogP contribution in [0.1, 0.15) is 10.4 Å². The standard InChI is InChI=1S/C13H8N2O7/c16-13(17)8-1-6-12(11(7-8)15(20)21)22-10-4-2-9(3-5-10)14(18)19/h1-7H,(H,16,17). The van der Waals surface area contributed by atoms with E-state index in [2.05, 4.69) is 0 Å². The van der Waals surface area contributed by atoms with Crippen LogP contribution < -0.4 is 4.74 Å². The third-order valence-electron chi connectivity index (χ3n) is 2.68. The Morgan fingerprint density at radius 3 is 2.14 bits per heavy atom. The van der Waals surface area contributed by atoms with Gasteiger partial charge in [0.05, 0.1) is 15.4 Å². The molecule has 0 fully saturated rings. The Kier molecular flexibility index (Phi) is 3.98. The van der Waals surface area contributed by atoms with Gasteiger partial charge in [0, 0.05) is 18.2 Å². The highest BCUT2D eigenvalue weighted by Crippen LogP contribution is 2.32. The Morgan fingerprint density at radius 1 is 1.00 bits per heavy atom. The lowest BCUT2D eigenvalue weighted by molar-refractivity contribution is -0.385.